The van der Waals surface area contributed by atoms with Gasteiger partial charge >= 0.3 is 0 Å². The van der Waals surface area contributed by atoms with E-state index in [1.807, 2.05) is 13.1 Å². The Morgan fingerprint density at radius 1 is 1.69 bits per heavy atom. The van der Waals surface area contributed by atoms with Gasteiger partial charge in [0.2, 0.25) is 0 Å². The lowest BCUT2D eigenvalue weighted by molar-refractivity contribution is 0.0143. The fourth-order valence-corrected chi connectivity index (χ4v) is 1.33. The molecule has 0 saturated carbocycles. The van der Waals surface area contributed by atoms with Gasteiger partial charge in [-0.2, -0.15) is 5.10 Å². The van der Waals surface area contributed by atoms with Gasteiger partial charge in [-0.3, -0.25) is 4.68 Å². The summed E-state index contributed by atoms with van der Waals surface area (Å²) in [5.41, 5.74) is -0.0501. The SMILES string of the molecule is COCCC(C)(O)c1ccnn1C. The van der Waals surface area contributed by atoms with Gasteiger partial charge in [0, 0.05) is 33.4 Å². The molecule has 1 unspecified atom stereocenters. The van der Waals surface area contributed by atoms with E-state index in [9.17, 15) is 5.11 Å². The van der Waals surface area contributed by atoms with Gasteiger partial charge in [-0.1, -0.05) is 0 Å². The third-order valence-electron chi connectivity index (χ3n) is 2.17. The Hall–Kier alpha value is -0.870. The van der Waals surface area contributed by atoms with Gasteiger partial charge in [-0.25, -0.2) is 0 Å². The van der Waals surface area contributed by atoms with Gasteiger partial charge in [0.1, 0.15) is 5.60 Å². The molecule has 0 saturated heterocycles. The first-order valence-electron chi connectivity index (χ1n) is 4.28. The molecular formula is C9H16N2O2. The number of aliphatic hydroxyl groups is 1. The summed E-state index contributed by atoms with van der Waals surface area (Å²) in [7, 11) is 3.44. The fraction of sp³-hybridized carbons (Fsp3) is 0.667. The summed E-state index contributed by atoms with van der Waals surface area (Å²) in [5, 5.41) is 14.1. The highest BCUT2D eigenvalue weighted by Gasteiger charge is 2.25. The predicted octanol–water partition coefficient (Wildman–Crippen LogP) is 0.664. The number of aryl methyl sites for hydroxylation is 1. The minimum absolute atomic E-state index is 0.540. The minimum atomic E-state index is -0.860. The molecule has 0 amide bonds. The molecule has 0 fully saturated rings. The van der Waals surface area contributed by atoms with Gasteiger partial charge in [-0.15, -0.1) is 0 Å². The van der Waals surface area contributed by atoms with Crippen molar-refractivity contribution in [2.24, 2.45) is 7.05 Å². The smallest absolute Gasteiger partial charge is 0.106 e. The zero-order valence-corrected chi connectivity index (χ0v) is 8.32. The average Bonchev–Trinajstić information content (AvgIpc) is 2.48. The zero-order chi connectivity index (χ0) is 9.90. The van der Waals surface area contributed by atoms with Crippen molar-refractivity contribution in [1.29, 1.82) is 0 Å². The van der Waals surface area contributed by atoms with Crippen molar-refractivity contribution < 1.29 is 9.84 Å². The highest BCUT2D eigenvalue weighted by molar-refractivity contribution is 5.09. The standard InChI is InChI=1S/C9H16N2O2/c1-9(12,5-7-13-3)8-4-6-10-11(8)2/h4,6,12H,5,7H2,1-3H3. The van der Waals surface area contributed by atoms with Crippen LogP contribution < -0.4 is 0 Å². The van der Waals surface area contributed by atoms with Crippen LogP contribution in [0.5, 0.6) is 0 Å². The van der Waals surface area contributed by atoms with E-state index in [1.54, 1.807) is 24.9 Å². The summed E-state index contributed by atoms with van der Waals surface area (Å²) in [6, 6.07) is 1.82. The van der Waals surface area contributed by atoms with E-state index in [0.717, 1.165) is 5.69 Å². The number of methoxy groups -OCH3 is 1. The molecule has 1 rings (SSSR count). The molecule has 0 bridgehead atoms. The lowest BCUT2D eigenvalue weighted by Crippen LogP contribution is -2.26. The molecule has 0 aliphatic carbocycles. The van der Waals surface area contributed by atoms with Crippen LogP contribution in [0.3, 0.4) is 0 Å². The molecule has 0 aromatic carbocycles. The summed E-state index contributed by atoms with van der Waals surface area (Å²) in [4.78, 5) is 0. The van der Waals surface area contributed by atoms with E-state index >= 15 is 0 Å². The predicted molar refractivity (Wildman–Crippen MR) is 49.3 cm³/mol. The summed E-state index contributed by atoms with van der Waals surface area (Å²) < 4.78 is 6.60. The molecule has 0 aliphatic heterocycles. The van der Waals surface area contributed by atoms with E-state index in [-0.39, 0.29) is 0 Å². The van der Waals surface area contributed by atoms with Crippen molar-refractivity contribution in [3.05, 3.63) is 18.0 Å². The molecule has 1 atom stereocenters. The largest absolute Gasteiger partial charge is 0.385 e. The Balaban J connectivity index is 2.74. The van der Waals surface area contributed by atoms with E-state index < -0.39 is 5.60 Å². The normalized spacial score (nSPS) is 15.7. The molecule has 13 heavy (non-hydrogen) atoms. The quantitative estimate of drug-likeness (QED) is 0.748. The number of hydrogen-bond donors (Lipinski definition) is 1. The second-order valence-corrected chi connectivity index (χ2v) is 3.36. The molecular weight excluding hydrogens is 168 g/mol. The number of hydrogen-bond acceptors (Lipinski definition) is 3. The molecule has 74 valence electrons. The number of aromatic nitrogens is 2. The van der Waals surface area contributed by atoms with Crippen molar-refractivity contribution in [1.82, 2.24) is 9.78 Å². The van der Waals surface area contributed by atoms with Gasteiger partial charge in [0.15, 0.2) is 0 Å². The molecule has 0 aliphatic rings. The van der Waals surface area contributed by atoms with Gasteiger partial charge in [0.05, 0.1) is 5.69 Å². The Labute approximate surface area is 78.1 Å². The van der Waals surface area contributed by atoms with Crippen LogP contribution in [0.4, 0.5) is 0 Å². The maximum absolute atomic E-state index is 10.0. The highest BCUT2D eigenvalue weighted by Crippen LogP contribution is 2.23. The molecule has 0 spiro atoms. The Morgan fingerprint density at radius 2 is 2.38 bits per heavy atom. The zero-order valence-electron chi connectivity index (χ0n) is 8.32. The Bertz CT molecular complexity index is 268. The van der Waals surface area contributed by atoms with Gasteiger partial charge in [-0.05, 0) is 13.0 Å². The van der Waals surface area contributed by atoms with Crippen LogP contribution in [0.25, 0.3) is 0 Å². The average molecular weight is 184 g/mol. The van der Waals surface area contributed by atoms with Crippen LogP contribution in [0, 0.1) is 0 Å². The maximum Gasteiger partial charge on any atom is 0.106 e. The van der Waals surface area contributed by atoms with Crippen molar-refractivity contribution in [3.63, 3.8) is 0 Å². The summed E-state index contributed by atoms with van der Waals surface area (Å²) in [6.45, 7) is 2.31. The van der Waals surface area contributed by atoms with Crippen LogP contribution in [0.1, 0.15) is 19.0 Å². The number of rotatable bonds is 4. The molecule has 4 heteroatoms. The first-order valence-corrected chi connectivity index (χ1v) is 4.28. The number of nitrogens with zero attached hydrogens (tertiary/aromatic N) is 2. The second kappa shape index (κ2) is 3.89. The van der Waals surface area contributed by atoms with Crippen LogP contribution in [-0.2, 0) is 17.4 Å². The summed E-state index contributed by atoms with van der Waals surface area (Å²) >= 11 is 0. The van der Waals surface area contributed by atoms with E-state index in [2.05, 4.69) is 5.10 Å². The van der Waals surface area contributed by atoms with Crippen LogP contribution >= 0.6 is 0 Å². The topological polar surface area (TPSA) is 47.3 Å². The fourth-order valence-electron chi connectivity index (χ4n) is 1.33. The molecule has 1 heterocycles. The first-order chi connectivity index (χ1) is 6.08. The third-order valence-corrected chi connectivity index (χ3v) is 2.17. The Kier molecular flexibility index (Phi) is 3.06. The maximum atomic E-state index is 10.0. The molecule has 0 radical (unpaired) electrons. The molecule has 4 nitrogen and oxygen atoms in total. The van der Waals surface area contributed by atoms with E-state index in [1.165, 1.54) is 0 Å². The van der Waals surface area contributed by atoms with Crippen molar-refractivity contribution in [2.45, 2.75) is 18.9 Å². The summed E-state index contributed by atoms with van der Waals surface area (Å²) in [5.74, 6) is 0. The van der Waals surface area contributed by atoms with Crippen LogP contribution in [0.2, 0.25) is 0 Å². The highest BCUT2D eigenvalue weighted by atomic mass is 16.5. The molecule has 1 aromatic rings. The molecule has 1 aromatic heterocycles. The van der Waals surface area contributed by atoms with E-state index in [0.29, 0.717) is 13.0 Å². The van der Waals surface area contributed by atoms with Crippen molar-refractivity contribution >= 4 is 0 Å². The minimum Gasteiger partial charge on any atom is -0.385 e. The third kappa shape index (κ3) is 2.29. The van der Waals surface area contributed by atoms with Crippen molar-refractivity contribution in [3.8, 4) is 0 Å². The first kappa shape index (κ1) is 10.2. The van der Waals surface area contributed by atoms with Gasteiger partial charge in [0.25, 0.3) is 0 Å². The van der Waals surface area contributed by atoms with Gasteiger partial charge < -0.3 is 9.84 Å². The monoisotopic (exact) mass is 184 g/mol. The lowest BCUT2D eigenvalue weighted by Gasteiger charge is -2.22. The summed E-state index contributed by atoms with van der Waals surface area (Å²) in [6.07, 6.45) is 2.25. The van der Waals surface area contributed by atoms with Crippen LogP contribution in [-0.4, -0.2) is 28.6 Å². The van der Waals surface area contributed by atoms with Crippen LogP contribution in [0.15, 0.2) is 12.3 Å². The second-order valence-electron chi connectivity index (χ2n) is 3.36. The van der Waals surface area contributed by atoms with E-state index in [4.69, 9.17) is 4.74 Å². The Morgan fingerprint density at radius 3 is 2.85 bits per heavy atom. The van der Waals surface area contributed by atoms with Crippen molar-refractivity contribution in [2.75, 3.05) is 13.7 Å². The molecule has 1 N–H and O–H groups in total. The lowest BCUT2D eigenvalue weighted by atomic mass is 9.99. The number of ether oxygens (including phenoxy) is 1.